The normalized spacial score (nSPS) is 12.7. The van der Waals surface area contributed by atoms with Crippen molar-refractivity contribution < 1.29 is 0 Å². The van der Waals surface area contributed by atoms with Gasteiger partial charge >= 0.3 is 0 Å². The molecule has 2 aromatic rings. The molecule has 3 heteroatoms. The Kier molecular flexibility index (Phi) is 11.6. The van der Waals surface area contributed by atoms with E-state index in [4.69, 9.17) is 4.99 Å². The van der Waals surface area contributed by atoms with E-state index in [0.29, 0.717) is 0 Å². The number of nitrogens with one attached hydrogen (secondary N) is 1. The first kappa shape index (κ1) is 26.7. The average molecular weight is 430 g/mol. The molecular formula is C29H39N3. The molecule has 0 atom stereocenters. The van der Waals surface area contributed by atoms with Crippen molar-refractivity contribution >= 4 is 23.3 Å². The largest absolute Gasteiger partial charge is 0.338 e. The van der Waals surface area contributed by atoms with Gasteiger partial charge in [-0.2, -0.15) is 0 Å². The first-order chi connectivity index (χ1) is 15.4. The first-order valence-corrected chi connectivity index (χ1v) is 11.4. The van der Waals surface area contributed by atoms with E-state index in [-0.39, 0.29) is 0 Å². The Hall–Kier alpha value is -3.33. The third-order valence-electron chi connectivity index (χ3n) is 4.49. The minimum atomic E-state index is 0.736. The number of hydrogen-bond acceptors (Lipinski definition) is 3. The second-order valence-corrected chi connectivity index (χ2v) is 7.28. The molecule has 1 aliphatic heterocycles. The number of benzene rings is 2. The molecule has 1 aliphatic rings. The topological polar surface area (TPSA) is 27.6 Å². The van der Waals surface area contributed by atoms with Crippen LogP contribution in [0.5, 0.6) is 0 Å². The zero-order chi connectivity index (χ0) is 24.1. The van der Waals surface area contributed by atoms with E-state index < -0.39 is 0 Å². The number of rotatable bonds is 4. The molecule has 0 amide bonds. The second-order valence-electron chi connectivity index (χ2n) is 7.28. The maximum absolute atomic E-state index is 4.85. The zero-order valence-corrected chi connectivity index (χ0v) is 20.9. The molecule has 0 bridgehead atoms. The molecule has 0 aliphatic carbocycles. The number of amidine groups is 1. The van der Waals surface area contributed by atoms with Crippen molar-refractivity contribution in [3.8, 4) is 0 Å². The Bertz CT molecular complexity index is 976. The number of aryl methyl sites for hydroxylation is 2. The van der Waals surface area contributed by atoms with E-state index in [1.54, 1.807) is 0 Å². The smallest absolute Gasteiger partial charge is 0.154 e. The third kappa shape index (κ3) is 7.42. The standard InChI is InChI=1S/C24H25N3.C3H8.C2H6/c1-6-14-27-16-23(21-11-10-20(7-2)18(4)15-21)26-24(19(27)5)25-22-12-8-17(3)9-13-22;1-3-2;1-2/h6-16H,2,5H2,1,3-4H3,(H,25,26);3H2,1-2H3;1-2H3/b14-6-;;. The van der Waals surface area contributed by atoms with E-state index >= 15 is 0 Å². The number of allylic oxidation sites excluding steroid dienone is 1. The van der Waals surface area contributed by atoms with Crippen molar-refractivity contribution in [1.82, 2.24) is 4.90 Å². The molecule has 32 heavy (non-hydrogen) atoms. The van der Waals surface area contributed by atoms with Crippen LogP contribution in [0.3, 0.4) is 0 Å². The Labute approximate surface area is 195 Å². The Morgan fingerprint density at radius 2 is 1.66 bits per heavy atom. The fraction of sp³-hybridized carbons (Fsp3) is 0.276. The van der Waals surface area contributed by atoms with Gasteiger partial charge in [0.25, 0.3) is 0 Å². The van der Waals surface area contributed by atoms with Crippen molar-refractivity contribution in [2.24, 2.45) is 4.99 Å². The number of hydrogen-bond donors (Lipinski definition) is 1. The maximum atomic E-state index is 4.85. The van der Waals surface area contributed by atoms with Crippen molar-refractivity contribution in [2.75, 3.05) is 5.32 Å². The van der Waals surface area contributed by atoms with E-state index in [1.807, 2.05) is 62.4 Å². The van der Waals surface area contributed by atoms with Crippen LogP contribution in [-0.2, 0) is 0 Å². The van der Waals surface area contributed by atoms with Crippen molar-refractivity contribution in [3.05, 3.63) is 102 Å². The van der Waals surface area contributed by atoms with E-state index in [9.17, 15) is 0 Å². The summed E-state index contributed by atoms with van der Waals surface area (Å²) < 4.78 is 0. The van der Waals surface area contributed by atoms with Crippen molar-refractivity contribution in [2.45, 2.75) is 54.9 Å². The lowest BCUT2D eigenvalue weighted by Crippen LogP contribution is -2.26. The van der Waals surface area contributed by atoms with Gasteiger partial charge in [-0.05, 0) is 50.1 Å². The Morgan fingerprint density at radius 1 is 1.03 bits per heavy atom. The highest BCUT2D eigenvalue weighted by Crippen LogP contribution is 2.27. The highest BCUT2D eigenvalue weighted by atomic mass is 15.2. The molecule has 0 radical (unpaired) electrons. The van der Waals surface area contributed by atoms with Gasteiger partial charge in [-0.15, -0.1) is 0 Å². The number of aliphatic imine (C=N–C) groups is 1. The lowest BCUT2D eigenvalue weighted by atomic mass is 10.0. The summed E-state index contributed by atoms with van der Waals surface area (Å²) in [5, 5.41) is 3.40. The van der Waals surface area contributed by atoms with Crippen LogP contribution in [0, 0.1) is 13.8 Å². The van der Waals surface area contributed by atoms with Crippen LogP contribution in [-0.4, -0.2) is 10.7 Å². The molecule has 0 saturated carbocycles. The fourth-order valence-corrected chi connectivity index (χ4v) is 2.92. The summed E-state index contributed by atoms with van der Waals surface area (Å²) >= 11 is 0. The summed E-state index contributed by atoms with van der Waals surface area (Å²) in [4.78, 5) is 6.84. The summed E-state index contributed by atoms with van der Waals surface area (Å²) in [6.45, 7) is 22.5. The van der Waals surface area contributed by atoms with Gasteiger partial charge < -0.3 is 10.2 Å². The molecule has 0 spiro atoms. The van der Waals surface area contributed by atoms with Crippen molar-refractivity contribution in [1.29, 1.82) is 0 Å². The van der Waals surface area contributed by atoms with Crippen LogP contribution in [0.15, 0.2) is 84.8 Å². The Balaban J connectivity index is 0.000000944. The average Bonchev–Trinajstić information content (AvgIpc) is 2.80. The quantitative estimate of drug-likeness (QED) is 0.527. The predicted octanol–water partition coefficient (Wildman–Crippen LogP) is 8.56. The molecule has 0 saturated heterocycles. The first-order valence-electron chi connectivity index (χ1n) is 11.4. The summed E-state index contributed by atoms with van der Waals surface area (Å²) in [5.41, 5.74) is 7.26. The van der Waals surface area contributed by atoms with Gasteiger partial charge in [0.2, 0.25) is 0 Å². The fourth-order valence-electron chi connectivity index (χ4n) is 2.92. The molecular weight excluding hydrogens is 390 g/mol. The van der Waals surface area contributed by atoms with Crippen LogP contribution in [0.4, 0.5) is 5.69 Å². The highest BCUT2D eigenvalue weighted by molar-refractivity contribution is 6.10. The maximum Gasteiger partial charge on any atom is 0.154 e. The predicted molar refractivity (Wildman–Crippen MR) is 145 cm³/mol. The van der Waals surface area contributed by atoms with Gasteiger partial charge in [0, 0.05) is 23.7 Å². The van der Waals surface area contributed by atoms with Gasteiger partial charge in [0.05, 0.1) is 11.4 Å². The minimum Gasteiger partial charge on any atom is -0.338 e. The monoisotopic (exact) mass is 429 g/mol. The lowest BCUT2D eigenvalue weighted by molar-refractivity contribution is 0.658. The molecule has 170 valence electrons. The molecule has 3 nitrogen and oxygen atoms in total. The van der Waals surface area contributed by atoms with Gasteiger partial charge in [-0.3, -0.25) is 0 Å². The van der Waals surface area contributed by atoms with E-state index in [0.717, 1.165) is 34.0 Å². The second kappa shape index (κ2) is 13.9. The van der Waals surface area contributed by atoms with Gasteiger partial charge in [0.15, 0.2) is 5.84 Å². The zero-order valence-electron chi connectivity index (χ0n) is 20.9. The summed E-state index contributed by atoms with van der Waals surface area (Å²) in [6.07, 6.45) is 9.10. The van der Waals surface area contributed by atoms with E-state index in [1.165, 1.54) is 17.5 Å². The van der Waals surface area contributed by atoms with Crippen LogP contribution in [0.1, 0.15) is 63.3 Å². The number of nitrogens with zero attached hydrogens (tertiary/aromatic N) is 2. The van der Waals surface area contributed by atoms with E-state index in [2.05, 4.69) is 76.5 Å². The van der Waals surface area contributed by atoms with Crippen LogP contribution >= 0.6 is 0 Å². The number of anilines is 1. The van der Waals surface area contributed by atoms with Crippen LogP contribution < -0.4 is 5.32 Å². The molecule has 1 N–H and O–H groups in total. The SMILES string of the molecule is C=Cc1ccc(C2=CN(/C=C\C)C(=C)C(Nc3ccc(C)cc3)=N2)cc1C.CC.CCC. The molecule has 0 aromatic heterocycles. The van der Waals surface area contributed by atoms with Gasteiger partial charge in [0.1, 0.15) is 0 Å². The third-order valence-corrected chi connectivity index (χ3v) is 4.49. The van der Waals surface area contributed by atoms with Crippen LogP contribution in [0.25, 0.3) is 11.8 Å². The highest BCUT2D eigenvalue weighted by Gasteiger charge is 2.18. The molecule has 0 unspecified atom stereocenters. The van der Waals surface area contributed by atoms with Gasteiger partial charge in [-0.1, -0.05) is 89.3 Å². The molecule has 1 heterocycles. The summed E-state index contributed by atoms with van der Waals surface area (Å²) in [7, 11) is 0. The molecule has 2 aromatic carbocycles. The van der Waals surface area contributed by atoms with Crippen LogP contribution in [0.2, 0.25) is 0 Å². The molecule has 0 fully saturated rings. The summed E-state index contributed by atoms with van der Waals surface area (Å²) in [6, 6.07) is 14.5. The summed E-state index contributed by atoms with van der Waals surface area (Å²) in [5.74, 6) is 0.736. The van der Waals surface area contributed by atoms with Crippen molar-refractivity contribution in [3.63, 3.8) is 0 Å². The van der Waals surface area contributed by atoms with Gasteiger partial charge in [-0.25, -0.2) is 4.99 Å². The molecule has 3 rings (SSSR count). The minimum absolute atomic E-state index is 0.736. The Morgan fingerprint density at radius 3 is 2.19 bits per heavy atom. The lowest BCUT2D eigenvalue weighted by Gasteiger charge is -2.26.